The van der Waals surface area contributed by atoms with E-state index in [1.54, 1.807) is 16.7 Å². The molecule has 2 aromatic carbocycles. The Labute approximate surface area is 173 Å². The van der Waals surface area contributed by atoms with E-state index in [0.29, 0.717) is 37.8 Å². The summed E-state index contributed by atoms with van der Waals surface area (Å²) in [6.45, 7) is 2.11. The molecule has 6 nitrogen and oxygen atoms in total. The zero-order valence-corrected chi connectivity index (χ0v) is 16.8. The summed E-state index contributed by atoms with van der Waals surface area (Å²) in [4.78, 5) is 30.8. The Morgan fingerprint density at radius 1 is 1.07 bits per heavy atom. The smallest absolute Gasteiger partial charge is 0.232 e. The van der Waals surface area contributed by atoms with Gasteiger partial charge in [-0.2, -0.15) is 0 Å². The molecule has 29 heavy (non-hydrogen) atoms. The number of hydrogen-bond acceptors (Lipinski definition) is 5. The number of benzene rings is 2. The lowest BCUT2D eigenvalue weighted by Crippen LogP contribution is -2.38. The molecule has 5 rings (SSSR count). The summed E-state index contributed by atoms with van der Waals surface area (Å²) in [7, 11) is 0. The summed E-state index contributed by atoms with van der Waals surface area (Å²) < 4.78 is 11.2. The van der Waals surface area contributed by atoms with Crippen LogP contribution in [-0.2, 0) is 9.59 Å². The quantitative estimate of drug-likeness (QED) is 0.760. The van der Waals surface area contributed by atoms with Crippen LogP contribution in [0.25, 0.3) is 0 Å². The van der Waals surface area contributed by atoms with Gasteiger partial charge in [0.15, 0.2) is 11.5 Å². The fourth-order valence-electron chi connectivity index (χ4n) is 4.10. The van der Waals surface area contributed by atoms with Crippen molar-refractivity contribution in [2.24, 2.45) is 5.92 Å². The van der Waals surface area contributed by atoms with E-state index in [1.165, 1.54) is 0 Å². The van der Waals surface area contributed by atoms with Crippen molar-refractivity contribution in [3.8, 4) is 11.5 Å². The Morgan fingerprint density at radius 2 is 1.90 bits per heavy atom. The van der Waals surface area contributed by atoms with Crippen molar-refractivity contribution in [1.82, 2.24) is 0 Å². The molecule has 3 aliphatic heterocycles. The lowest BCUT2D eigenvalue weighted by Gasteiger charge is -2.26. The average molecular weight is 410 g/mol. The molecule has 2 aromatic rings. The second kappa shape index (κ2) is 7.63. The molecule has 1 fully saturated rings. The van der Waals surface area contributed by atoms with Gasteiger partial charge in [0.25, 0.3) is 0 Å². The van der Waals surface area contributed by atoms with Gasteiger partial charge in [0, 0.05) is 36.2 Å². The Balaban J connectivity index is 1.37. The number of nitrogens with zero attached hydrogens (tertiary/aromatic N) is 2. The number of hydrogen-bond donors (Lipinski definition) is 0. The molecule has 3 heterocycles. The first kappa shape index (κ1) is 18.4. The largest absolute Gasteiger partial charge is 0.486 e. The minimum atomic E-state index is -0.341. The van der Waals surface area contributed by atoms with Crippen LogP contribution in [0, 0.1) is 5.92 Å². The van der Waals surface area contributed by atoms with Crippen LogP contribution in [-0.4, -0.2) is 43.9 Å². The highest BCUT2D eigenvalue weighted by Crippen LogP contribution is 2.38. The average Bonchev–Trinajstić information content (AvgIpc) is 3.02. The normalized spacial score (nSPS) is 21.0. The van der Waals surface area contributed by atoms with Gasteiger partial charge >= 0.3 is 0 Å². The Hall–Kier alpha value is -2.67. The molecule has 1 saturated heterocycles. The van der Waals surface area contributed by atoms with E-state index in [1.807, 2.05) is 41.3 Å². The topological polar surface area (TPSA) is 59.1 Å². The van der Waals surface area contributed by atoms with Crippen molar-refractivity contribution in [2.75, 3.05) is 41.9 Å². The molecular weight excluding hydrogens is 388 g/mol. The van der Waals surface area contributed by atoms with Crippen molar-refractivity contribution >= 4 is 35.0 Å². The molecule has 0 radical (unpaired) electrons. The van der Waals surface area contributed by atoms with Gasteiger partial charge in [0.2, 0.25) is 11.8 Å². The molecule has 7 heteroatoms. The van der Waals surface area contributed by atoms with Gasteiger partial charge in [-0.1, -0.05) is 12.1 Å². The third kappa shape index (κ3) is 3.44. The minimum Gasteiger partial charge on any atom is -0.486 e. The second-order valence-corrected chi connectivity index (χ2v) is 8.53. The van der Waals surface area contributed by atoms with Gasteiger partial charge < -0.3 is 19.3 Å². The van der Waals surface area contributed by atoms with Crippen molar-refractivity contribution in [3.63, 3.8) is 0 Å². The van der Waals surface area contributed by atoms with Crippen LogP contribution >= 0.6 is 11.8 Å². The highest BCUT2D eigenvalue weighted by atomic mass is 32.2. The maximum Gasteiger partial charge on any atom is 0.232 e. The van der Waals surface area contributed by atoms with Crippen molar-refractivity contribution in [3.05, 3.63) is 42.5 Å². The van der Waals surface area contributed by atoms with E-state index in [9.17, 15) is 9.59 Å². The van der Waals surface area contributed by atoms with E-state index in [4.69, 9.17) is 9.47 Å². The van der Waals surface area contributed by atoms with Crippen LogP contribution in [0.3, 0.4) is 0 Å². The van der Waals surface area contributed by atoms with Crippen molar-refractivity contribution in [1.29, 1.82) is 0 Å². The molecule has 2 amide bonds. The van der Waals surface area contributed by atoms with E-state index in [-0.39, 0.29) is 24.2 Å². The fourth-order valence-corrected chi connectivity index (χ4v) is 5.09. The predicted octanol–water partition coefficient (Wildman–Crippen LogP) is 3.34. The molecule has 150 valence electrons. The third-order valence-electron chi connectivity index (χ3n) is 5.52. The van der Waals surface area contributed by atoms with Crippen LogP contribution in [0.1, 0.15) is 12.8 Å². The number of carbonyl (C=O) groups excluding carboxylic acids is 2. The summed E-state index contributed by atoms with van der Waals surface area (Å²) in [6, 6.07) is 13.5. The Morgan fingerprint density at radius 3 is 2.79 bits per heavy atom. The van der Waals surface area contributed by atoms with Crippen molar-refractivity contribution < 1.29 is 19.1 Å². The number of para-hydroxylation sites is 1. The monoisotopic (exact) mass is 410 g/mol. The number of ether oxygens (including phenoxy) is 2. The predicted molar refractivity (Wildman–Crippen MR) is 112 cm³/mol. The van der Waals surface area contributed by atoms with Gasteiger partial charge in [-0.3, -0.25) is 9.59 Å². The number of amides is 2. The molecule has 0 saturated carbocycles. The van der Waals surface area contributed by atoms with E-state index < -0.39 is 0 Å². The van der Waals surface area contributed by atoms with Crippen LogP contribution in [0.5, 0.6) is 11.5 Å². The van der Waals surface area contributed by atoms with Crippen LogP contribution in [0.2, 0.25) is 0 Å². The molecule has 0 bridgehead atoms. The number of thioether (sulfide) groups is 1. The highest BCUT2D eigenvalue weighted by molar-refractivity contribution is 7.99. The Kier molecular flexibility index (Phi) is 4.83. The van der Waals surface area contributed by atoms with Gasteiger partial charge in [-0.05, 0) is 36.4 Å². The Bertz CT molecular complexity index is 964. The number of fused-ring (bicyclic) bond motifs is 2. The van der Waals surface area contributed by atoms with Gasteiger partial charge in [-0.15, -0.1) is 11.8 Å². The summed E-state index contributed by atoms with van der Waals surface area (Å²) in [5.41, 5.74) is 1.71. The maximum atomic E-state index is 13.4. The maximum absolute atomic E-state index is 13.4. The molecule has 0 N–H and O–H groups in total. The summed E-state index contributed by atoms with van der Waals surface area (Å²) in [5, 5.41) is 0. The first-order valence-electron chi connectivity index (χ1n) is 9.94. The summed E-state index contributed by atoms with van der Waals surface area (Å²) in [5.74, 6) is 2.00. The lowest BCUT2D eigenvalue weighted by atomic mass is 10.1. The third-order valence-corrected chi connectivity index (χ3v) is 6.67. The first-order valence-corrected chi connectivity index (χ1v) is 10.9. The zero-order valence-electron chi connectivity index (χ0n) is 16.0. The fraction of sp³-hybridized carbons (Fsp3) is 0.364. The molecule has 0 spiro atoms. The summed E-state index contributed by atoms with van der Waals surface area (Å²) >= 11 is 1.79. The SMILES string of the molecule is O=C1C[C@H](C(=O)N2CCCSc3ccccc32)CN1c1ccc2c(c1)OCCO2. The number of carbonyl (C=O) groups is 2. The highest BCUT2D eigenvalue weighted by Gasteiger charge is 2.38. The van der Waals surface area contributed by atoms with Crippen molar-refractivity contribution in [2.45, 2.75) is 17.7 Å². The second-order valence-electron chi connectivity index (χ2n) is 7.39. The van der Waals surface area contributed by atoms with E-state index in [2.05, 4.69) is 6.07 Å². The number of rotatable bonds is 2. The first-order chi connectivity index (χ1) is 14.2. The lowest BCUT2D eigenvalue weighted by molar-refractivity contribution is -0.124. The minimum absolute atomic E-state index is 0.0301. The number of anilines is 2. The van der Waals surface area contributed by atoms with E-state index in [0.717, 1.165) is 28.4 Å². The van der Waals surface area contributed by atoms with E-state index >= 15 is 0 Å². The van der Waals surface area contributed by atoms with Gasteiger partial charge in [-0.25, -0.2) is 0 Å². The zero-order chi connectivity index (χ0) is 19.8. The molecule has 0 aliphatic carbocycles. The molecular formula is C22H22N2O4S. The molecule has 0 aromatic heterocycles. The molecule has 0 unspecified atom stereocenters. The standard InChI is InChI=1S/C22H22N2O4S/c25-21-12-15(14-24(21)16-6-7-18-19(13-16)28-10-9-27-18)22(26)23-8-3-11-29-20-5-2-1-4-17(20)23/h1-2,4-7,13,15H,3,8-12,14H2/t15-/m0/s1. The molecule has 1 atom stereocenters. The summed E-state index contributed by atoms with van der Waals surface area (Å²) in [6.07, 6.45) is 1.18. The van der Waals surface area contributed by atoms with Gasteiger partial charge in [0.05, 0.1) is 11.6 Å². The molecule has 3 aliphatic rings. The van der Waals surface area contributed by atoms with Crippen LogP contribution in [0.4, 0.5) is 11.4 Å². The van der Waals surface area contributed by atoms with Crippen LogP contribution < -0.4 is 19.3 Å². The van der Waals surface area contributed by atoms with Gasteiger partial charge in [0.1, 0.15) is 13.2 Å². The van der Waals surface area contributed by atoms with Crippen LogP contribution in [0.15, 0.2) is 47.4 Å².